The van der Waals surface area contributed by atoms with Gasteiger partial charge in [0.15, 0.2) is 5.96 Å². The summed E-state index contributed by atoms with van der Waals surface area (Å²) in [6, 6.07) is 6.67. The van der Waals surface area contributed by atoms with E-state index in [1.165, 1.54) is 0 Å². The van der Waals surface area contributed by atoms with Gasteiger partial charge in [-0.15, -0.1) is 0 Å². The average Bonchev–Trinajstić information content (AvgIpc) is 2.69. The normalized spacial score (nSPS) is 22.2. The number of nitrogens with two attached hydrogens (primary N) is 1. The molecular weight excluding hydrogens is 264 g/mol. The molecule has 0 amide bonds. The molecule has 0 spiro atoms. The van der Waals surface area contributed by atoms with Crippen LogP contribution in [-0.4, -0.2) is 30.6 Å². The Kier molecular flexibility index (Phi) is 4.11. The number of hydrogen-bond donors (Lipinski definition) is 1. The van der Waals surface area contributed by atoms with Gasteiger partial charge in [0.1, 0.15) is 5.75 Å². The van der Waals surface area contributed by atoms with E-state index in [-0.39, 0.29) is 11.3 Å². The fraction of sp³-hybridized carbons (Fsp3) is 0.500. The number of nitrogens with zero attached hydrogens (tertiary/aromatic N) is 2. The highest BCUT2D eigenvalue weighted by Gasteiger charge is 2.38. The van der Waals surface area contributed by atoms with Crippen LogP contribution in [0.4, 0.5) is 8.78 Å². The van der Waals surface area contributed by atoms with Crippen LogP contribution in [0.25, 0.3) is 0 Å². The third-order valence-electron chi connectivity index (χ3n) is 3.57. The first-order valence-corrected chi connectivity index (χ1v) is 6.60. The number of halogens is 2. The number of ether oxygens (including phenoxy) is 1. The van der Waals surface area contributed by atoms with E-state index < -0.39 is 6.61 Å². The van der Waals surface area contributed by atoms with Gasteiger partial charge in [-0.2, -0.15) is 8.78 Å². The van der Waals surface area contributed by atoms with Crippen LogP contribution in [0.2, 0.25) is 0 Å². The first-order chi connectivity index (χ1) is 9.47. The zero-order valence-corrected chi connectivity index (χ0v) is 11.6. The Labute approximate surface area is 117 Å². The fourth-order valence-electron chi connectivity index (χ4n) is 2.49. The maximum Gasteiger partial charge on any atom is 0.387 e. The van der Waals surface area contributed by atoms with Crippen molar-refractivity contribution in [1.82, 2.24) is 4.90 Å². The second-order valence-electron chi connectivity index (χ2n) is 5.00. The van der Waals surface area contributed by atoms with Crippen LogP contribution in [0, 0.1) is 0 Å². The Balaban J connectivity index is 2.21. The standard InChI is InChI=1S/C14H19F2N3O/c1-3-8-19-13(17)18-9-14(19,2)10-4-6-11(7-5-10)20-12(15)16/h4-7,12H,3,8-9H2,1-2H3,(H2,17,18). The van der Waals surface area contributed by atoms with E-state index in [2.05, 4.69) is 28.5 Å². The highest BCUT2D eigenvalue weighted by Crippen LogP contribution is 2.33. The molecule has 0 bridgehead atoms. The molecule has 1 heterocycles. The number of guanidine groups is 1. The summed E-state index contributed by atoms with van der Waals surface area (Å²) >= 11 is 0. The van der Waals surface area contributed by atoms with Gasteiger partial charge in [0, 0.05) is 6.54 Å². The second-order valence-corrected chi connectivity index (χ2v) is 5.00. The first-order valence-electron chi connectivity index (χ1n) is 6.60. The van der Waals surface area contributed by atoms with Crippen LogP contribution in [0.5, 0.6) is 5.75 Å². The first kappa shape index (κ1) is 14.6. The predicted octanol–water partition coefficient (Wildman–Crippen LogP) is 2.54. The molecule has 0 radical (unpaired) electrons. The molecule has 20 heavy (non-hydrogen) atoms. The molecule has 1 unspecified atom stereocenters. The molecule has 2 N–H and O–H groups in total. The van der Waals surface area contributed by atoms with Crippen LogP contribution in [-0.2, 0) is 5.54 Å². The monoisotopic (exact) mass is 283 g/mol. The minimum atomic E-state index is -2.81. The van der Waals surface area contributed by atoms with Crippen molar-refractivity contribution in [2.24, 2.45) is 10.7 Å². The van der Waals surface area contributed by atoms with Gasteiger partial charge >= 0.3 is 6.61 Å². The Morgan fingerprint density at radius 3 is 2.60 bits per heavy atom. The lowest BCUT2D eigenvalue weighted by atomic mass is 9.91. The molecule has 1 atom stereocenters. The topological polar surface area (TPSA) is 50.8 Å². The molecule has 1 aromatic rings. The van der Waals surface area contributed by atoms with E-state index in [1.54, 1.807) is 24.3 Å². The summed E-state index contributed by atoms with van der Waals surface area (Å²) in [5.41, 5.74) is 6.58. The lowest BCUT2D eigenvalue weighted by molar-refractivity contribution is -0.0498. The number of aliphatic imine (C=N–C) groups is 1. The van der Waals surface area contributed by atoms with Crippen molar-refractivity contribution < 1.29 is 13.5 Å². The van der Waals surface area contributed by atoms with E-state index in [0.717, 1.165) is 18.5 Å². The molecule has 6 heteroatoms. The second kappa shape index (κ2) is 5.64. The van der Waals surface area contributed by atoms with Crippen LogP contribution in [0.1, 0.15) is 25.8 Å². The quantitative estimate of drug-likeness (QED) is 0.903. The van der Waals surface area contributed by atoms with Crippen molar-refractivity contribution in [2.75, 3.05) is 13.1 Å². The van der Waals surface area contributed by atoms with Gasteiger partial charge in [-0.25, -0.2) is 0 Å². The smallest absolute Gasteiger partial charge is 0.387 e. The zero-order valence-electron chi connectivity index (χ0n) is 11.6. The number of benzene rings is 1. The highest BCUT2D eigenvalue weighted by atomic mass is 19.3. The van der Waals surface area contributed by atoms with Crippen LogP contribution >= 0.6 is 0 Å². The Morgan fingerprint density at radius 1 is 1.40 bits per heavy atom. The lowest BCUT2D eigenvalue weighted by Crippen LogP contribution is -2.47. The lowest BCUT2D eigenvalue weighted by Gasteiger charge is -2.36. The van der Waals surface area contributed by atoms with Gasteiger partial charge in [0.2, 0.25) is 0 Å². The van der Waals surface area contributed by atoms with Gasteiger partial charge in [-0.3, -0.25) is 4.99 Å². The van der Waals surface area contributed by atoms with Crippen molar-refractivity contribution in [1.29, 1.82) is 0 Å². The van der Waals surface area contributed by atoms with Gasteiger partial charge in [-0.05, 0) is 31.0 Å². The van der Waals surface area contributed by atoms with Crippen molar-refractivity contribution in [2.45, 2.75) is 32.4 Å². The number of alkyl halides is 2. The molecule has 2 rings (SSSR count). The summed E-state index contributed by atoms with van der Waals surface area (Å²) in [4.78, 5) is 6.36. The third kappa shape index (κ3) is 2.69. The minimum Gasteiger partial charge on any atom is -0.435 e. The zero-order chi connectivity index (χ0) is 14.8. The summed E-state index contributed by atoms with van der Waals surface area (Å²) in [6.07, 6.45) is 0.957. The van der Waals surface area contributed by atoms with E-state index in [9.17, 15) is 8.78 Å². The molecule has 1 aromatic carbocycles. The molecule has 1 aliphatic heterocycles. The summed E-state index contributed by atoms with van der Waals surface area (Å²) in [7, 11) is 0. The van der Waals surface area contributed by atoms with Crippen LogP contribution in [0.3, 0.4) is 0 Å². The molecule has 4 nitrogen and oxygen atoms in total. The van der Waals surface area contributed by atoms with E-state index in [4.69, 9.17) is 5.73 Å². The van der Waals surface area contributed by atoms with Gasteiger partial charge in [-0.1, -0.05) is 19.1 Å². The van der Waals surface area contributed by atoms with Crippen molar-refractivity contribution in [3.8, 4) is 5.75 Å². The van der Waals surface area contributed by atoms with Crippen LogP contribution in [0.15, 0.2) is 29.3 Å². The van der Waals surface area contributed by atoms with Crippen molar-refractivity contribution >= 4 is 5.96 Å². The van der Waals surface area contributed by atoms with Crippen LogP contribution < -0.4 is 10.5 Å². The summed E-state index contributed by atoms with van der Waals surface area (Å²) in [5, 5.41) is 0. The SMILES string of the molecule is CCCN1C(N)=NCC1(C)c1ccc(OC(F)F)cc1. The van der Waals surface area contributed by atoms with Gasteiger partial charge in [0.05, 0.1) is 12.1 Å². The fourth-order valence-corrected chi connectivity index (χ4v) is 2.49. The van der Waals surface area contributed by atoms with Crippen molar-refractivity contribution in [3.63, 3.8) is 0 Å². The number of rotatable bonds is 5. The molecule has 1 aliphatic rings. The number of hydrogen-bond acceptors (Lipinski definition) is 4. The minimum absolute atomic E-state index is 0.154. The molecule has 0 aliphatic carbocycles. The highest BCUT2D eigenvalue weighted by molar-refractivity contribution is 5.81. The van der Waals surface area contributed by atoms with Gasteiger partial charge < -0.3 is 15.4 Å². The summed E-state index contributed by atoms with van der Waals surface area (Å²) in [6.45, 7) is 2.69. The Hall–Kier alpha value is -1.85. The maximum absolute atomic E-state index is 12.1. The van der Waals surface area contributed by atoms with E-state index in [0.29, 0.717) is 12.5 Å². The van der Waals surface area contributed by atoms with Gasteiger partial charge in [0.25, 0.3) is 0 Å². The third-order valence-corrected chi connectivity index (χ3v) is 3.57. The summed E-state index contributed by atoms with van der Waals surface area (Å²) in [5.74, 6) is 0.684. The molecule has 0 fully saturated rings. The maximum atomic E-state index is 12.1. The van der Waals surface area contributed by atoms with E-state index >= 15 is 0 Å². The van der Waals surface area contributed by atoms with E-state index in [1.807, 2.05) is 0 Å². The predicted molar refractivity (Wildman–Crippen MR) is 73.9 cm³/mol. The molecule has 0 saturated carbocycles. The summed E-state index contributed by atoms with van der Waals surface area (Å²) < 4.78 is 28.7. The molecular formula is C14H19F2N3O. The van der Waals surface area contributed by atoms with Crippen molar-refractivity contribution in [3.05, 3.63) is 29.8 Å². The Morgan fingerprint density at radius 2 is 2.05 bits per heavy atom. The largest absolute Gasteiger partial charge is 0.435 e. The Bertz CT molecular complexity index is 490. The molecule has 110 valence electrons. The molecule has 0 aromatic heterocycles. The average molecular weight is 283 g/mol. The molecule has 0 saturated heterocycles.